The van der Waals surface area contributed by atoms with Gasteiger partial charge in [-0.05, 0) is 110 Å². The minimum Gasteiger partial charge on any atom is -0.481 e. The summed E-state index contributed by atoms with van der Waals surface area (Å²) in [4.78, 5) is 81.8. The number of Topliss-reactive ketones (excluding diaryl/α,β-unsaturated/α-hetero) is 1. The van der Waals surface area contributed by atoms with E-state index in [2.05, 4.69) is 27.3 Å². The molecule has 0 aromatic heterocycles. The normalized spacial score (nSPS) is 20.5. The van der Waals surface area contributed by atoms with Crippen molar-refractivity contribution in [1.82, 2.24) is 21.3 Å². The van der Waals surface area contributed by atoms with E-state index in [9.17, 15) is 33.9 Å². The molecule has 11 N–H and O–H groups in total. The number of carbonyl (C=O) groups excluding carboxylic acids is 5. The van der Waals surface area contributed by atoms with E-state index in [4.69, 9.17) is 17.2 Å². The van der Waals surface area contributed by atoms with Gasteiger partial charge in [0.2, 0.25) is 23.6 Å². The predicted octanol–water partition coefficient (Wildman–Crippen LogP) is 3.12. The van der Waals surface area contributed by atoms with Crippen LogP contribution in [0.2, 0.25) is 0 Å². The van der Waals surface area contributed by atoms with E-state index in [1.807, 2.05) is 62.4 Å². The molecule has 0 spiro atoms. The zero-order valence-electron chi connectivity index (χ0n) is 33.7. The Labute approximate surface area is 340 Å². The van der Waals surface area contributed by atoms with Crippen LogP contribution in [0.1, 0.15) is 83.6 Å². The molecule has 3 aromatic carbocycles. The van der Waals surface area contributed by atoms with Crippen LogP contribution in [0.4, 0.5) is 0 Å². The molecule has 14 heteroatoms. The summed E-state index contributed by atoms with van der Waals surface area (Å²) < 4.78 is 0. The Hall–Kier alpha value is -5.18. The maximum absolute atomic E-state index is 14.4. The van der Waals surface area contributed by atoms with Gasteiger partial charge in [-0.2, -0.15) is 0 Å². The van der Waals surface area contributed by atoms with Crippen LogP contribution in [-0.4, -0.2) is 83.8 Å². The van der Waals surface area contributed by atoms with Gasteiger partial charge in [-0.15, -0.1) is 0 Å². The first-order valence-electron chi connectivity index (χ1n) is 20.5. The number of aliphatic carboxylic acids is 1. The SMILES string of the molecule is CC(C)C[C@H](CC(=O)[C@H](Cc1c2ccccc2cc2ccccc12)NC(=O)[C@@H]1CC=CC[C@H](N)C(=O)N[C@@H](CCCCN)C(=O)N[C@@H](CCCCN)C(=O)N1)C(=O)O. The fourth-order valence-electron chi connectivity index (χ4n) is 7.44. The summed E-state index contributed by atoms with van der Waals surface area (Å²) in [7, 11) is 0. The highest BCUT2D eigenvalue weighted by molar-refractivity contribution is 6.03. The summed E-state index contributed by atoms with van der Waals surface area (Å²) in [6, 6.07) is 12.2. The molecule has 58 heavy (non-hydrogen) atoms. The quantitative estimate of drug-likeness (QED) is 0.0531. The van der Waals surface area contributed by atoms with Gasteiger partial charge in [0, 0.05) is 12.8 Å². The predicted molar refractivity (Wildman–Crippen MR) is 225 cm³/mol. The van der Waals surface area contributed by atoms with Gasteiger partial charge in [0.15, 0.2) is 5.78 Å². The first kappa shape index (κ1) is 45.5. The number of hydrogen-bond acceptors (Lipinski definition) is 9. The van der Waals surface area contributed by atoms with Crippen LogP contribution >= 0.6 is 0 Å². The first-order valence-corrected chi connectivity index (χ1v) is 20.5. The zero-order valence-corrected chi connectivity index (χ0v) is 33.7. The van der Waals surface area contributed by atoms with Crippen LogP contribution in [-0.2, 0) is 35.2 Å². The molecule has 0 aliphatic carbocycles. The number of carboxylic acid groups (broad SMARTS) is 1. The van der Waals surface area contributed by atoms with Gasteiger partial charge in [-0.25, -0.2) is 0 Å². The second kappa shape index (κ2) is 22.7. The summed E-state index contributed by atoms with van der Waals surface area (Å²) in [5, 5.41) is 25.0. The van der Waals surface area contributed by atoms with Gasteiger partial charge in [0.05, 0.1) is 18.0 Å². The van der Waals surface area contributed by atoms with Crippen molar-refractivity contribution in [2.24, 2.45) is 29.0 Å². The molecule has 4 amide bonds. The zero-order chi connectivity index (χ0) is 42.2. The van der Waals surface area contributed by atoms with Crippen molar-refractivity contribution in [2.75, 3.05) is 13.1 Å². The number of hydrogen-bond donors (Lipinski definition) is 8. The number of fused-ring (bicyclic) bond motifs is 2. The summed E-state index contributed by atoms with van der Waals surface area (Å²) in [6.07, 6.45) is 6.12. The van der Waals surface area contributed by atoms with Crippen molar-refractivity contribution in [2.45, 2.75) is 115 Å². The summed E-state index contributed by atoms with van der Waals surface area (Å²) >= 11 is 0. The third kappa shape index (κ3) is 13.2. The van der Waals surface area contributed by atoms with E-state index >= 15 is 0 Å². The number of ketones is 1. The van der Waals surface area contributed by atoms with Gasteiger partial charge in [-0.3, -0.25) is 28.8 Å². The highest BCUT2D eigenvalue weighted by Crippen LogP contribution is 2.30. The lowest BCUT2D eigenvalue weighted by Crippen LogP contribution is -2.58. The van der Waals surface area contributed by atoms with Crippen LogP contribution < -0.4 is 38.5 Å². The van der Waals surface area contributed by atoms with Crippen molar-refractivity contribution in [3.05, 3.63) is 72.3 Å². The topological polar surface area (TPSA) is 249 Å². The van der Waals surface area contributed by atoms with Crippen molar-refractivity contribution >= 4 is 56.9 Å². The summed E-state index contributed by atoms with van der Waals surface area (Å²) in [5.41, 5.74) is 18.4. The molecule has 314 valence electrons. The molecule has 3 aromatic rings. The van der Waals surface area contributed by atoms with Crippen LogP contribution in [0.25, 0.3) is 21.5 Å². The molecule has 0 saturated heterocycles. The van der Waals surface area contributed by atoms with Crippen LogP contribution in [0.3, 0.4) is 0 Å². The summed E-state index contributed by atoms with van der Waals surface area (Å²) in [6.45, 7) is 4.55. The lowest BCUT2D eigenvalue weighted by Gasteiger charge is -2.27. The monoisotopic (exact) mass is 799 g/mol. The fourth-order valence-corrected chi connectivity index (χ4v) is 7.44. The van der Waals surface area contributed by atoms with E-state index in [0.717, 1.165) is 27.1 Å². The van der Waals surface area contributed by atoms with Gasteiger partial charge in [0.25, 0.3) is 0 Å². The Balaban J connectivity index is 1.72. The molecule has 14 nitrogen and oxygen atoms in total. The lowest BCUT2D eigenvalue weighted by atomic mass is 9.87. The summed E-state index contributed by atoms with van der Waals surface area (Å²) in [5.74, 6) is -4.90. The van der Waals surface area contributed by atoms with Gasteiger partial charge in [-0.1, -0.05) is 74.5 Å². The van der Waals surface area contributed by atoms with Gasteiger partial charge >= 0.3 is 5.97 Å². The number of unbranched alkanes of at least 4 members (excludes halogenated alkanes) is 2. The average Bonchev–Trinajstić information content (AvgIpc) is 3.19. The molecular formula is C44H61N7O7. The minimum atomic E-state index is -1.21. The molecule has 0 unspecified atom stereocenters. The fraction of sp³-hybridized carbons (Fsp3) is 0.500. The Bertz CT molecular complexity index is 1880. The Morgan fingerprint density at radius 1 is 0.776 bits per heavy atom. The standard InChI is InChI=1S/C44H61N7O7/c1-27(2)23-30(44(57)58)25-39(52)38(26-33-31-15-5-3-13-28(31)24-29-14-4-6-16-32(29)33)51-43(56)36-18-8-7-17-34(47)40(53)48-35(19-9-11-21-45)41(54)50-37(42(55)49-36)20-10-12-22-46/h3-8,13-16,24,27,30,34-38H,9-12,17-23,25-26,45-47H2,1-2H3,(H,48,53)(H,49,55)(H,50,54)(H,51,56)(H,57,58)/t30-,34+,35+,36+,37+,38+/m1/s1. The highest BCUT2D eigenvalue weighted by atomic mass is 16.4. The molecule has 0 saturated carbocycles. The van der Waals surface area contributed by atoms with E-state index in [-0.39, 0.29) is 50.9 Å². The lowest BCUT2D eigenvalue weighted by molar-refractivity contribution is -0.144. The second-order valence-corrected chi connectivity index (χ2v) is 15.7. The smallest absolute Gasteiger partial charge is 0.306 e. The van der Waals surface area contributed by atoms with Crippen molar-refractivity contribution < 1.29 is 33.9 Å². The van der Waals surface area contributed by atoms with E-state index in [1.54, 1.807) is 12.2 Å². The Morgan fingerprint density at radius 2 is 1.31 bits per heavy atom. The van der Waals surface area contributed by atoms with Crippen LogP contribution in [0.15, 0.2) is 66.7 Å². The molecule has 0 bridgehead atoms. The number of amides is 4. The number of benzene rings is 3. The first-order chi connectivity index (χ1) is 27.8. The van der Waals surface area contributed by atoms with Crippen LogP contribution in [0.5, 0.6) is 0 Å². The van der Waals surface area contributed by atoms with Gasteiger partial charge < -0.3 is 43.6 Å². The van der Waals surface area contributed by atoms with E-state index in [0.29, 0.717) is 38.8 Å². The maximum Gasteiger partial charge on any atom is 0.306 e. The van der Waals surface area contributed by atoms with Crippen LogP contribution in [0, 0.1) is 11.8 Å². The molecule has 0 radical (unpaired) electrons. The average molecular weight is 800 g/mol. The Morgan fingerprint density at radius 3 is 1.86 bits per heavy atom. The number of carbonyl (C=O) groups is 6. The molecule has 1 aliphatic heterocycles. The minimum absolute atomic E-state index is 0.00868. The number of rotatable bonds is 18. The highest BCUT2D eigenvalue weighted by Gasteiger charge is 2.33. The molecule has 4 rings (SSSR count). The third-order valence-electron chi connectivity index (χ3n) is 10.6. The second-order valence-electron chi connectivity index (χ2n) is 15.7. The van der Waals surface area contributed by atoms with Crippen molar-refractivity contribution in [3.8, 4) is 0 Å². The van der Waals surface area contributed by atoms with Crippen molar-refractivity contribution in [1.29, 1.82) is 0 Å². The largest absolute Gasteiger partial charge is 0.481 e. The number of nitrogens with one attached hydrogen (secondary N) is 4. The molecule has 1 heterocycles. The van der Waals surface area contributed by atoms with E-state index < -0.39 is 71.5 Å². The third-order valence-corrected chi connectivity index (χ3v) is 10.6. The molecule has 1 aliphatic rings. The molecular weight excluding hydrogens is 739 g/mol. The van der Waals surface area contributed by atoms with Crippen molar-refractivity contribution in [3.63, 3.8) is 0 Å². The Kier molecular flexibility index (Phi) is 17.8. The number of nitrogens with two attached hydrogens (primary N) is 3. The molecule has 0 fully saturated rings. The van der Waals surface area contributed by atoms with Gasteiger partial charge in [0.1, 0.15) is 18.1 Å². The van der Waals surface area contributed by atoms with E-state index in [1.165, 1.54) is 0 Å². The maximum atomic E-state index is 14.4. The number of carboxylic acids is 1. The molecule has 6 atom stereocenters.